The molecule has 7 nitrogen and oxygen atoms in total. The molecule has 0 N–H and O–H groups in total. The van der Waals surface area contributed by atoms with Gasteiger partial charge < -0.3 is 9.47 Å². The average Bonchev–Trinajstić information content (AvgIpc) is 2.65. The van der Waals surface area contributed by atoms with E-state index in [1.165, 1.54) is 31.4 Å². The van der Waals surface area contributed by atoms with Gasteiger partial charge in [0.05, 0.1) is 28.1 Å². The number of methoxy groups -OCH3 is 1. The summed E-state index contributed by atoms with van der Waals surface area (Å²) in [6.07, 6.45) is 1.65. The fourth-order valence-corrected chi connectivity index (χ4v) is 2.54. The average molecular weight is 417 g/mol. The first kappa shape index (κ1) is 19.1. The third-order valence-electron chi connectivity index (χ3n) is 3.35. The molecule has 0 aliphatic rings. The second-order valence-corrected chi connectivity index (χ2v) is 5.88. The maximum atomic E-state index is 11.1. The summed E-state index contributed by atoms with van der Waals surface area (Å²) in [6.45, 7) is -0.212. The van der Waals surface area contributed by atoms with Crippen molar-refractivity contribution >= 4 is 39.2 Å². The van der Waals surface area contributed by atoms with Gasteiger partial charge in [0.25, 0.3) is 5.69 Å². The summed E-state index contributed by atoms with van der Waals surface area (Å²) >= 11 is 3.35. The largest absolute Gasteiger partial charge is 0.481 e. The first-order valence-electron chi connectivity index (χ1n) is 7.30. The SMILES string of the molecule is COC(=O)COc1ccc(C=C(C#N)c2ccc([N+](=O)[O-])cc2)cc1Br. The van der Waals surface area contributed by atoms with Gasteiger partial charge in [-0.05, 0) is 57.4 Å². The lowest BCUT2D eigenvalue weighted by molar-refractivity contribution is -0.384. The molecule has 0 amide bonds. The Bertz CT molecular complexity index is 901. The van der Waals surface area contributed by atoms with E-state index in [2.05, 4.69) is 26.7 Å². The number of hydrogen-bond acceptors (Lipinski definition) is 6. The van der Waals surface area contributed by atoms with E-state index in [0.29, 0.717) is 21.4 Å². The number of nitro benzene ring substituents is 1. The third kappa shape index (κ3) is 4.91. The van der Waals surface area contributed by atoms with Crippen molar-refractivity contribution in [1.29, 1.82) is 5.26 Å². The highest BCUT2D eigenvalue weighted by molar-refractivity contribution is 9.10. The second kappa shape index (κ2) is 8.78. The number of carbonyl (C=O) groups excluding carboxylic acids is 1. The second-order valence-electron chi connectivity index (χ2n) is 5.03. The molecule has 0 aliphatic carbocycles. The molecule has 0 heterocycles. The van der Waals surface area contributed by atoms with Crippen molar-refractivity contribution in [2.45, 2.75) is 0 Å². The molecule has 2 aromatic carbocycles. The van der Waals surface area contributed by atoms with Crippen molar-refractivity contribution < 1.29 is 19.2 Å². The van der Waals surface area contributed by atoms with Crippen LogP contribution in [0.25, 0.3) is 11.6 Å². The molecule has 0 unspecified atom stereocenters. The summed E-state index contributed by atoms with van der Waals surface area (Å²) in [7, 11) is 1.27. The fourth-order valence-electron chi connectivity index (χ4n) is 2.03. The lowest BCUT2D eigenvalue weighted by atomic mass is 10.0. The van der Waals surface area contributed by atoms with Crippen LogP contribution < -0.4 is 4.74 Å². The number of ether oxygens (including phenoxy) is 2. The smallest absolute Gasteiger partial charge is 0.343 e. The lowest BCUT2D eigenvalue weighted by Crippen LogP contribution is -2.12. The van der Waals surface area contributed by atoms with Gasteiger partial charge in [-0.2, -0.15) is 5.26 Å². The van der Waals surface area contributed by atoms with Crippen molar-refractivity contribution in [2.75, 3.05) is 13.7 Å². The molecule has 0 aliphatic heterocycles. The van der Waals surface area contributed by atoms with Crippen LogP contribution in [0.1, 0.15) is 11.1 Å². The summed E-state index contributed by atoms with van der Waals surface area (Å²) in [5.41, 5.74) is 1.60. The molecule has 0 atom stereocenters. The Labute approximate surface area is 157 Å². The normalized spacial score (nSPS) is 10.7. The van der Waals surface area contributed by atoms with E-state index in [1.807, 2.05) is 0 Å². The van der Waals surface area contributed by atoms with Crippen molar-refractivity contribution in [3.8, 4) is 11.8 Å². The number of nitro groups is 1. The topological polar surface area (TPSA) is 102 Å². The van der Waals surface area contributed by atoms with Gasteiger partial charge in [-0.1, -0.05) is 6.07 Å². The molecule has 0 saturated carbocycles. The predicted molar refractivity (Wildman–Crippen MR) is 98.2 cm³/mol. The highest BCUT2D eigenvalue weighted by atomic mass is 79.9. The summed E-state index contributed by atoms with van der Waals surface area (Å²) < 4.78 is 10.4. The number of halogens is 1. The lowest BCUT2D eigenvalue weighted by Gasteiger charge is -2.08. The van der Waals surface area contributed by atoms with Gasteiger partial charge >= 0.3 is 5.97 Å². The van der Waals surface area contributed by atoms with E-state index in [9.17, 15) is 20.2 Å². The van der Waals surface area contributed by atoms with E-state index in [4.69, 9.17) is 4.74 Å². The summed E-state index contributed by atoms with van der Waals surface area (Å²) in [6, 6.07) is 12.9. The van der Waals surface area contributed by atoms with Crippen LogP contribution in [0.5, 0.6) is 5.75 Å². The monoisotopic (exact) mass is 416 g/mol. The Kier molecular flexibility index (Phi) is 6.47. The molecule has 0 fully saturated rings. The highest BCUT2D eigenvalue weighted by Crippen LogP contribution is 2.28. The number of nitrogens with zero attached hydrogens (tertiary/aromatic N) is 2. The van der Waals surface area contributed by atoms with Gasteiger partial charge in [-0.15, -0.1) is 0 Å². The number of hydrogen-bond donors (Lipinski definition) is 0. The van der Waals surface area contributed by atoms with Crippen LogP contribution >= 0.6 is 15.9 Å². The Morgan fingerprint density at radius 2 is 2.00 bits per heavy atom. The number of esters is 1. The molecule has 0 aromatic heterocycles. The zero-order chi connectivity index (χ0) is 19.1. The Morgan fingerprint density at radius 1 is 1.31 bits per heavy atom. The van der Waals surface area contributed by atoms with Crippen LogP contribution in [0.15, 0.2) is 46.9 Å². The molecule has 2 aromatic rings. The minimum atomic E-state index is -0.496. The van der Waals surface area contributed by atoms with Crippen LogP contribution in [0, 0.1) is 21.4 Å². The summed E-state index contributed by atoms with van der Waals surface area (Å²) in [5, 5.41) is 20.1. The van der Waals surface area contributed by atoms with E-state index < -0.39 is 10.9 Å². The number of nitriles is 1. The zero-order valence-corrected chi connectivity index (χ0v) is 15.2. The Hall–Kier alpha value is -3.18. The highest BCUT2D eigenvalue weighted by Gasteiger charge is 2.09. The minimum Gasteiger partial charge on any atom is -0.481 e. The van der Waals surface area contributed by atoms with Crippen LogP contribution in [0.2, 0.25) is 0 Å². The van der Waals surface area contributed by atoms with Gasteiger partial charge in [-0.3, -0.25) is 10.1 Å². The van der Waals surface area contributed by atoms with Crippen molar-refractivity contribution in [2.24, 2.45) is 0 Å². The molecular weight excluding hydrogens is 404 g/mol. The number of benzene rings is 2. The van der Waals surface area contributed by atoms with E-state index in [-0.39, 0.29) is 12.3 Å². The number of rotatable bonds is 6. The van der Waals surface area contributed by atoms with E-state index >= 15 is 0 Å². The van der Waals surface area contributed by atoms with Gasteiger partial charge in [-0.25, -0.2) is 4.79 Å². The van der Waals surface area contributed by atoms with Gasteiger partial charge in [0.2, 0.25) is 0 Å². The van der Waals surface area contributed by atoms with Gasteiger partial charge in [0.1, 0.15) is 5.75 Å². The number of non-ortho nitro benzene ring substituents is 1. The quantitative estimate of drug-likeness (QED) is 0.232. The number of carbonyl (C=O) groups is 1. The molecule has 26 heavy (non-hydrogen) atoms. The molecular formula is C18H13BrN2O5. The van der Waals surface area contributed by atoms with Crippen LogP contribution in [0.3, 0.4) is 0 Å². The molecule has 0 saturated heterocycles. The summed E-state index contributed by atoms with van der Waals surface area (Å²) in [4.78, 5) is 21.3. The van der Waals surface area contributed by atoms with Crippen LogP contribution in [-0.4, -0.2) is 24.6 Å². The first-order chi connectivity index (χ1) is 12.4. The molecule has 0 bridgehead atoms. The summed E-state index contributed by atoms with van der Waals surface area (Å²) in [5.74, 6) is -0.0350. The Balaban J connectivity index is 2.23. The third-order valence-corrected chi connectivity index (χ3v) is 3.97. The predicted octanol–water partition coefficient (Wildman–Crippen LogP) is 3.97. The van der Waals surface area contributed by atoms with E-state index in [1.54, 1.807) is 24.3 Å². The fraction of sp³-hybridized carbons (Fsp3) is 0.111. The maximum absolute atomic E-state index is 11.1. The van der Waals surface area contributed by atoms with E-state index in [0.717, 1.165) is 5.56 Å². The zero-order valence-electron chi connectivity index (χ0n) is 13.6. The molecule has 0 spiro atoms. The van der Waals surface area contributed by atoms with Gasteiger partial charge in [0.15, 0.2) is 6.61 Å². The van der Waals surface area contributed by atoms with Crippen molar-refractivity contribution in [3.05, 3.63) is 68.2 Å². The van der Waals surface area contributed by atoms with Crippen molar-refractivity contribution in [3.63, 3.8) is 0 Å². The molecule has 0 radical (unpaired) electrons. The molecule has 132 valence electrons. The van der Waals surface area contributed by atoms with Crippen molar-refractivity contribution in [1.82, 2.24) is 0 Å². The van der Waals surface area contributed by atoms with Crippen LogP contribution in [-0.2, 0) is 9.53 Å². The Morgan fingerprint density at radius 3 is 2.54 bits per heavy atom. The number of allylic oxidation sites excluding steroid dienone is 1. The molecule has 8 heteroatoms. The first-order valence-corrected chi connectivity index (χ1v) is 8.09. The molecule has 2 rings (SSSR count). The van der Waals surface area contributed by atoms with Gasteiger partial charge in [0, 0.05) is 12.1 Å². The standard InChI is InChI=1S/C18H13BrN2O5/c1-25-18(22)11-26-17-7-2-12(9-16(17)19)8-14(10-20)13-3-5-15(6-4-13)21(23)24/h2-9H,11H2,1H3. The van der Waals surface area contributed by atoms with Crippen LogP contribution in [0.4, 0.5) is 5.69 Å². The maximum Gasteiger partial charge on any atom is 0.343 e. The minimum absolute atomic E-state index is 0.0408.